The molecule has 10 heteroatoms. The second-order valence-corrected chi connectivity index (χ2v) is 12.9. The Kier molecular flexibility index (Phi) is 8.37. The predicted molar refractivity (Wildman–Crippen MR) is 161 cm³/mol. The Bertz CT molecular complexity index is 1470. The number of carbonyl (C=O) groups is 1. The molecule has 0 bridgehead atoms. The molecule has 2 fully saturated rings. The zero-order valence-electron chi connectivity index (χ0n) is 25.7. The number of aromatic nitrogens is 3. The van der Waals surface area contributed by atoms with Crippen LogP contribution in [0.25, 0.3) is 0 Å². The Hall–Kier alpha value is -3.21. The number of methoxy groups -OCH3 is 1. The van der Waals surface area contributed by atoms with Crippen LogP contribution in [0.2, 0.25) is 0 Å². The smallest absolute Gasteiger partial charge is 0.264 e. The lowest BCUT2D eigenvalue weighted by molar-refractivity contribution is -0.00525. The van der Waals surface area contributed by atoms with Crippen LogP contribution in [0.1, 0.15) is 77.5 Å². The van der Waals surface area contributed by atoms with E-state index < -0.39 is 6.43 Å². The maximum atomic E-state index is 14.5. The van der Waals surface area contributed by atoms with Crippen LogP contribution in [0.4, 0.5) is 14.5 Å². The van der Waals surface area contributed by atoms with Gasteiger partial charge in [-0.25, -0.2) is 8.78 Å². The van der Waals surface area contributed by atoms with Gasteiger partial charge in [-0.2, -0.15) is 0 Å². The summed E-state index contributed by atoms with van der Waals surface area (Å²) in [5.74, 6) is 1.38. The summed E-state index contributed by atoms with van der Waals surface area (Å²) in [6.45, 7) is 7.83. The van der Waals surface area contributed by atoms with Crippen molar-refractivity contribution in [3.63, 3.8) is 0 Å². The molecule has 3 aliphatic rings. The molecule has 1 saturated carbocycles. The van der Waals surface area contributed by atoms with Crippen LogP contribution in [0.5, 0.6) is 0 Å². The second kappa shape index (κ2) is 12.1. The number of aryl methyl sites for hydroxylation is 1. The first kappa shape index (κ1) is 29.8. The molecule has 3 heterocycles. The summed E-state index contributed by atoms with van der Waals surface area (Å²) in [5, 5.41) is 8.55. The molecule has 1 aromatic heterocycles. The molecule has 0 unspecified atom stereocenters. The number of hydrogen-bond donors (Lipinski definition) is 0. The summed E-state index contributed by atoms with van der Waals surface area (Å²) >= 11 is 0. The van der Waals surface area contributed by atoms with Crippen molar-refractivity contribution in [1.29, 1.82) is 0 Å². The summed E-state index contributed by atoms with van der Waals surface area (Å²) in [6.07, 6.45) is 1.10. The van der Waals surface area contributed by atoms with E-state index in [1.807, 2.05) is 35.9 Å². The third kappa shape index (κ3) is 5.72. The van der Waals surface area contributed by atoms with Gasteiger partial charge < -0.3 is 19.1 Å². The molecule has 1 amide bonds. The van der Waals surface area contributed by atoms with Crippen LogP contribution in [0.15, 0.2) is 42.7 Å². The summed E-state index contributed by atoms with van der Waals surface area (Å²) in [4.78, 5) is 20.2. The summed E-state index contributed by atoms with van der Waals surface area (Å²) < 4.78 is 36.4. The second-order valence-electron chi connectivity index (χ2n) is 12.9. The number of likely N-dealkylation sites (N-methyl/N-ethyl adjacent to an activating group) is 1. The Balaban J connectivity index is 1.30. The molecule has 230 valence electrons. The molecule has 1 aliphatic carbocycles. The molecular formula is C33H42F2N6O2. The average Bonchev–Trinajstić information content (AvgIpc) is 3.53. The average molecular weight is 593 g/mol. The van der Waals surface area contributed by atoms with Crippen molar-refractivity contribution >= 4 is 11.6 Å². The zero-order chi connectivity index (χ0) is 30.4. The van der Waals surface area contributed by atoms with E-state index in [0.717, 1.165) is 49.4 Å². The highest BCUT2D eigenvalue weighted by Gasteiger charge is 2.40. The van der Waals surface area contributed by atoms with Gasteiger partial charge in [-0.05, 0) is 72.7 Å². The highest BCUT2D eigenvalue weighted by atomic mass is 19.3. The molecule has 6 rings (SSSR count). The summed E-state index contributed by atoms with van der Waals surface area (Å²) in [6, 6.07) is 11.7. The lowest BCUT2D eigenvalue weighted by Gasteiger charge is -2.42. The molecule has 2 aromatic carbocycles. The standard InChI is InChI=1S/C33H42F2N6O2/c1-20(2)29-18-38(3)9-10-40(29)16-21-11-26(31(34)35)28-17-41(33(42)27(28)12-21)24-8-6-7-22(13-24)30(23-14-25(15-23)43-5)32-37-36-19-39(32)4/h6-8,11-13,19-20,23,25,29-31H,9-10,14-18H2,1-5H3/t23?,25?,29-,30+/m1/s1. The molecule has 2 atom stereocenters. The van der Waals surface area contributed by atoms with Crippen molar-refractivity contribution in [3.05, 3.63) is 76.4 Å². The van der Waals surface area contributed by atoms with Crippen LogP contribution in [0, 0.1) is 11.8 Å². The van der Waals surface area contributed by atoms with Crippen molar-refractivity contribution in [2.75, 3.05) is 38.7 Å². The van der Waals surface area contributed by atoms with Gasteiger partial charge in [-0.15, -0.1) is 10.2 Å². The highest BCUT2D eigenvalue weighted by molar-refractivity contribution is 6.10. The normalized spacial score (nSPS) is 23.7. The van der Waals surface area contributed by atoms with Crippen LogP contribution in [-0.4, -0.2) is 76.4 Å². The first-order chi connectivity index (χ1) is 20.6. The van der Waals surface area contributed by atoms with Crippen LogP contribution < -0.4 is 4.90 Å². The van der Waals surface area contributed by atoms with Crippen molar-refractivity contribution < 1.29 is 18.3 Å². The Morgan fingerprint density at radius 2 is 1.88 bits per heavy atom. The van der Waals surface area contributed by atoms with Crippen LogP contribution in [0.3, 0.4) is 0 Å². The number of benzene rings is 2. The fraction of sp³-hybridized carbons (Fsp3) is 0.545. The zero-order valence-corrected chi connectivity index (χ0v) is 25.7. The van der Waals surface area contributed by atoms with E-state index in [9.17, 15) is 13.6 Å². The van der Waals surface area contributed by atoms with E-state index in [1.165, 1.54) is 0 Å². The molecule has 0 spiro atoms. The molecular weight excluding hydrogens is 550 g/mol. The molecule has 1 saturated heterocycles. The first-order valence-electron chi connectivity index (χ1n) is 15.3. The Morgan fingerprint density at radius 1 is 1.09 bits per heavy atom. The molecule has 43 heavy (non-hydrogen) atoms. The number of rotatable bonds is 9. The number of halogens is 2. The number of hydrogen-bond acceptors (Lipinski definition) is 6. The van der Waals surface area contributed by atoms with Crippen molar-refractivity contribution in [3.8, 4) is 0 Å². The van der Waals surface area contributed by atoms with E-state index in [4.69, 9.17) is 4.74 Å². The van der Waals surface area contributed by atoms with E-state index in [1.54, 1.807) is 24.4 Å². The van der Waals surface area contributed by atoms with Gasteiger partial charge in [0, 0.05) is 69.1 Å². The number of nitrogens with zero attached hydrogens (tertiary/aromatic N) is 6. The Labute approximate surface area is 252 Å². The molecule has 2 aliphatic heterocycles. The molecule has 3 aromatic rings. The Morgan fingerprint density at radius 3 is 2.56 bits per heavy atom. The fourth-order valence-electron chi connectivity index (χ4n) is 7.21. The molecule has 0 radical (unpaired) electrons. The SMILES string of the molecule is COC1CC([C@H](c2cccc(N3Cc4c(cc(CN5CCN(C)C[C@@H]5C(C)C)cc4C(F)F)C3=O)c2)c2nncn2C)C1. The first-order valence-corrected chi connectivity index (χ1v) is 15.3. The lowest BCUT2D eigenvalue weighted by atomic mass is 9.70. The highest BCUT2D eigenvalue weighted by Crippen LogP contribution is 2.45. The predicted octanol–water partition coefficient (Wildman–Crippen LogP) is 5.24. The van der Waals surface area contributed by atoms with Gasteiger partial charge in [0.2, 0.25) is 0 Å². The fourth-order valence-corrected chi connectivity index (χ4v) is 7.21. The van der Waals surface area contributed by atoms with Crippen LogP contribution in [-0.2, 0) is 24.9 Å². The molecule has 0 N–H and O–H groups in total. The summed E-state index contributed by atoms with van der Waals surface area (Å²) in [7, 11) is 5.80. The largest absolute Gasteiger partial charge is 0.381 e. The maximum Gasteiger partial charge on any atom is 0.264 e. The maximum absolute atomic E-state index is 14.5. The van der Waals surface area contributed by atoms with E-state index in [0.29, 0.717) is 41.2 Å². The number of anilines is 1. The van der Waals surface area contributed by atoms with Gasteiger partial charge in [0.25, 0.3) is 12.3 Å². The van der Waals surface area contributed by atoms with Gasteiger partial charge >= 0.3 is 0 Å². The van der Waals surface area contributed by atoms with Gasteiger partial charge in [-0.1, -0.05) is 26.0 Å². The minimum Gasteiger partial charge on any atom is -0.381 e. The van der Waals surface area contributed by atoms with Crippen molar-refractivity contribution in [1.82, 2.24) is 24.6 Å². The number of ether oxygens (including phenoxy) is 1. The van der Waals surface area contributed by atoms with Gasteiger partial charge in [0.1, 0.15) is 12.2 Å². The number of alkyl halides is 2. The van der Waals surface area contributed by atoms with E-state index >= 15 is 0 Å². The monoisotopic (exact) mass is 592 g/mol. The number of piperazine rings is 1. The topological polar surface area (TPSA) is 66.7 Å². The van der Waals surface area contributed by atoms with Gasteiger partial charge in [0.15, 0.2) is 0 Å². The quantitative estimate of drug-likeness (QED) is 0.339. The third-order valence-electron chi connectivity index (χ3n) is 9.76. The van der Waals surface area contributed by atoms with Gasteiger partial charge in [0.05, 0.1) is 12.6 Å². The number of fused-ring (bicyclic) bond motifs is 1. The molecule has 8 nitrogen and oxygen atoms in total. The van der Waals surface area contributed by atoms with E-state index in [2.05, 4.69) is 47.0 Å². The summed E-state index contributed by atoms with van der Waals surface area (Å²) in [5.41, 5.74) is 3.29. The minimum absolute atomic E-state index is 0.0142. The van der Waals surface area contributed by atoms with E-state index in [-0.39, 0.29) is 30.0 Å². The minimum atomic E-state index is -2.66. The number of amides is 1. The van der Waals surface area contributed by atoms with Crippen molar-refractivity contribution in [2.45, 2.75) is 64.3 Å². The third-order valence-corrected chi connectivity index (χ3v) is 9.76. The van der Waals surface area contributed by atoms with Crippen molar-refractivity contribution in [2.24, 2.45) is 18.9 Å². The number of carbonyl (C=O) groups excluding carboxylic acids is 1. The van der Waals surface area contributed by atoms with Crippen LogP contribution >= 0.6 is 0 Å². The van der Waals surface area contributed by atoms with Gasteiger partial charge in [-0.3, -0.25) is 9.69 Å². The lowest BCUT2D eigenvalue weighted by Crippen LogP contribution is -2.53.